The molecular formula is C11H9I2NS. The summed E-state index contributed by atoms with van der Waals surface area (Å²) in [6.07, 6.45) is 1.86. The minimum absolute atomic E-state index is 0.607. The van der Waals surface area contributed by atoms with Crippen molar-refractivity contribution in [3.8, 4) is 0 Å². The number of halogens is 2. The van der Waals surface area contributed by atoms with Crippen LogP contribution in [0.3, 0.4) is 0 Å². The van der Waals surface area contributed by atoms with E-state index < -0.39 is 0 Å². The van der Waals surface area contributed by atoms with E-state index in [9.17, 15) is 0 Å². The molecule has 1 heterocycles. The average molecular weight is 441 g/mol. The zero-order valence-corrected chi connectivity index (χ0v) is 13.0. The number of fused-ring (bicyclic) bond motifs is 1. The van der Waals surface area contributed by atoms with E-state index in [2.05, 4.69) is 74.4 Å². The van der Waals surface area contributed by atoms with Crippen molar-refractivity contribution in [2.24, 2.45) is 0 Å². The zero-order valence-electron chi connectivity index (χ0n) is 7.86. The zero-order chi connectivity index (χ0) is 10.7. The fourth-order valence-electron chi connectivity index (χ4n) is 1.34. The average Bonchev–Trinajstić information content (AvgIpc) is 2.29. The number of pyridine rings is 1. The van der Waals surface area contributed by atoms with Crippen molar-refractivity contribution >= 4 is 67.8 Å². The quantitative estimate of drug-likeness (QED) is 0.395. The number of para-hydroxylation sites is 1. The van der Waals surface area contributed by atoms with E-state index in [1.54, 1.807) is 0 Å². The van der Waals surface area contributed by atoms with Gasteiger partial charge < -0.3 is 0 Å². The lowest BCUT2D eigenvalue weighted by molar-refractivity contribution is 1.35. The van der Waals surface area contributed by atoms with E-state index in [0.717, 1.165) is 9.94 Å². The molecule has 0 saturated heterocycles. The van der Waals surface area contributed by atoms with Gasteiger partial charge in [-0.05, 0) is 12.1 Å². The molecule has 78 valence electrons. The molecular weight excluding hydrogens is 432 g/mol. The SMILES string of the molecule is IC[C@@H](I)Sc1cccc2cccnc12. The van der Waals surface area contributed by atoms with Crippen molar-refractivity contribution in [3.63, 3.8) is 0 Å². The number of aromatic nitrogens is 1. The number of benzene rings is 1. The van der Waals surface area contributed by atoms with Gasteiger partial charge in [0.1, 0.15) is 0 Å². The van der Waals surface area contributed by atoms with Gasteiger partial charge in [-0.1, -0.05) is 63.4 Å². The van der Waals surface area contributed by atoms with Crippen LogP contribution in [0.1, 0.15) is 0 Å². The van der Waals surface area contributed by atoms with Crippen molar-refractivity contribution in [2.45, 2.75) is 8.15 Å². The van der Waals surface area contributed by atoms with Crippen LogP contribution in [0.2, 0.25) is 0 Å². The largest absolute Gasteiger partial charge is 0.255 e. The highest BCUT2D eigenvalue weighted by atomic mass is 127. The predicted molar refractivity (Wildman–Crippen MR) is 84.3 cm³/mol. The summed E-state index contributed by atoms with van der Waals surface area (Å²) in [6.45, 7) is 0. The summed E-state index contributed by atoms with van der Waals surface area (Å²) in [5.74, 6) is 0. The molecule has 0 fully saturated rings. The Morgan fingerprint density at radius 1 is 1.27 bits per heavy atom. The molecule has 0 bridgehead atoms. The molecule has 0 N–H and O–H groups in total. The standard InChI is InChI=1S/C11H9I2NS/c12-7-10(13)15-9-5-1-3-8-4-2-6-14-11(8)9/h1-6,10H,7H2/t10-/m0/s1. The summed E-state index contributed by atoms with van der Waals surface area (Å²) in [5.41, 5.74) is 1.12. The number of alkyl halides is 2. The Kier molecular flexibility index (Phi) is 4.51. The first-order chi connectivity index (χ1) is 7.31. The Morgan fingerprint density at radius 3 is 2.87 bits per heavy atom. The molecule has 1 aromatic carbocycles. The maximum atomic E-state index is 4.44. The molecule has 0 aliphatic carbocycles. The van der Waals surface area contributed by atoms with E-state index in [1.807, 2.05) is 24.0 Å². The number of hydrogen-bond donors (Lipinski definition) is 0. The third-order valence-electron chi connectivity index (χ3n) is 1.97. The number of hydrogen-bond acceptors (Lipinski definition) is 2. The number of rotatable bonds is 3. The van der Waals surface area contributed by atoms with Gasteiger partial charge in [0.05, 0.1) is 8.77 Å². The molecule has 2 aromatic rings. The highest BCUT2D eigenvalue weighted by Crippen LogP contribution is 2.33. The van der Waals surface area contributed by atoms with Gasteiger partial charge in [-0.25, -0.2) is 0 Å². The lowest BCUT2D eigenvalue weighted by atomic mass is 10.2. The van der Waals surface area contributed by atoms with Crippen molar-refractivity contribution in [2.75, 3.05) is 4.43 Å². The van der Waals surface area contributed by atoms with Gasteiger partial charge >= 0.3 is 0 Å². The van der Waals surface area contributed by atoms with Crippen LogP contribution < -0.4 is 0 Å². The van der Waals surface area contributed by atoms with Gasteiger partial charge in [0.25, 0.3) is 0 Å². The van der Waals surface area contributed by atoms with Gasteiger partial charge in [-0.15, -0.1) is 11.8 Å². The fourth-order valence-corrected chi connectivity index (χ4v) is 3.48. The van der Waals surface area contributed by atoms with Gasteiger partial charge in [-0.2, -0.15) is 0 Å². The Labute approximate surface area is 121 Å². The number of thioether (sulfide) groups is 1. The Bertz CT molecular complexity index is 456. The van der Waals surface area contributed by atoms with Gasteiger partial charge in [0, 0.05) is 20.9 Å². The summed E-state index contributed by atoms with van der Waals surface area (Å²) in [7, 11) is 0. The minimum atomic E-state index is 0.607. The second-order valence-electron chi connectivity index (χ2n) is 3.01. The molecule has 1 atom stereocenters. The molecule has 4 heteroatoms. The maximum absolute atomic E-state index is 4.44. The first-order valence-corrected chi connectivity index (χ1v) is 8.17. The molecule has 1 nitrogen and oxygen atoms in total. The van der Waals surface area contributed by atoms with Crippen LogP contribution >= 0.6 is 56.9 Å². The summed E-state index contributed by atoms with van der Waals surface area (Å²) >= 11 is 6.77. The highest BCUT2D eigenvalue weighted by molar-refractivity contribution is 14.1. The van der Waals surface area contributed by atoms with Crippen LogP contribution in [0.5, 0.6) is 0 Å². The first kappa shape index (κ1) is 11.9. The van der Waals surface area contributed by atoms with E-state index in [4.69, 9.17) is 0 Å². The van der Waals surface area contributed by atoms with Crippen molar-refractivity contribution < 1.29 is 0 Å². The van der Waals surface area contributed by atoms with E-state index in [1.165, 1.54) is 10.3 Å². The molecule has 0 aliphatic heterocycles. The molecule has 0 aliphatic rings. The minimum Gasteiger partial charge on any atom is -0.255 e. The van der Waals surface area contributed by atoms with E-state index in [0.29, 0.717) is 3.26 Å². The second-order valence-corrected chi connectivity index (χ2v) is 7.49. The van der Waals surface area contributed by atoms with Gasteiger partial charge in [0.2, 0.25) is 0 Å². The Balaban J connectivity index is 2.42. The lowest BCUT2D eigenvalue weighted by Gasteiger charge is -2.07. The molecule has 0 unspecified atom stereocenters. The van der Waals surface area contributed by atoms with Crippen LogP contribution in [-0.4, -0.2) is 12.7 Å². The second kappa shape index (κ2) is 5.67. The van der Waals surface area contributed by atoms with Crippen LogP contribution in [-0.2, 0) is 0 Å². The molecule has 0 amide bonds. The first-order valence-electron chi connectivity index (χ1n) is 4.51. The van der Waals surface area contributed by atoms with Crippen molar-refractivity contribution in [3.05, 3.63) is 36.5 Å². The Hall–Kier alpha value is 0.440. The third-order valence-corrected chi connectivity index (χ3v) is 7.34. The summed E-state index contributed by atoms with van der Waals surface area (Å²) in [5, 5.41) is 1.22. The molecule has 2 rings (SSSR count). The van der Waals surface area contributed by atoms with Crippen LogP contribution in [0.15, 0.2) is 41.4 Å². The van der Waals surface area contributed by atoms with Crippen LogP contribution in [0, 0.1) is 0 Å². The molecule has 1 aromatic heterocycles. The normalized spacial score (nSPS) is 12.9. The summed E-state index contributed by atoms with van der Waals surface area (Å²) < 4.78 is 1.75. The topological polar surface area (TPSA) is 12.9 Å². The van der Waals surface area contributed by atoms with Gasteiger partial charge in [0.15, 0.2) is 0 Å². The Morgan fingerprint density at radius 2 is 2.07 bits per heavy atom. The lowest BCUT2D eigenvalue weighted by Crippen LogP contribution is -1.92. The van der Waals surface area contributed by atoms with Crippen LogP contribution in [0.25, 0.3) is 10.9 Å². The van der Waals surface area contributed by atoms with Crippen molar-refractivity contribution in [1.82, 2.24) is 4.98 Å². The summed E-state index contributed by atoms with van der Waals surface area (Å²) in [6, 6.07) is 10.5. The fraction of sp³-hybridized carbons (Fsp3) is 0.182. The van der Waals surface area contributed by atoms with Gasteiger partial charge in [-0.3, -0.25) is 4.98 Å². The van der Waals surface area contributed by atoms with E-state index >= 15 is 0 Å². The smallest absolute Gasteiger partial charge is 0.0838 e. The van der Waals surface area contributed by atoms with Crippen LogP contribution in [0.4, 0.5) is 0 Å². The van der Waals surface area contributed by atoms with E-state index in [-0.39, 0.29) is 0 Å². The molecule has 0 spiro atoms. The van der Waals surface area contributed by atoms with Crippen molar-refractivity contribution in [1.29, 1.82) is 0 Å². The third kappa shape index (κ3) is 2.97. The summed E-state index contributed by atoms with van der Waals surface area (Å²) in [4.78, 5) is 5.72. The predicted octanol–water partition coefficient (Wildman–Crippen LogP) is 4.52. The molecule has 15 heavy (non-hydrogen) atoms. The molecule has 0 saturated carbocycles. The monoisotopic (exact) mass is 441 g/mol. The maximum Gasteiger partial charge on any atom is 0.0838 e. The highest BCUT2D eigenvalue weighted by Gasteiger charge is 2.07. The molecule has 0 radical (unpaired) electrons. The number of nitrogens with zero attached hydrogens (tertiary/aromatic N) is 1.